The lowest BCUT2D eigenvalue weighted by Crippen LogP contribution is -2.02. The highest BCUT2D eigenvalue weighted by molar-refractivity contribution is 9.10. The second-order valence-corrected chi connectivity index (χ2v) is 7.84. The van der Waals surface area contributed by atoms with Crippen molar-refractivity contribution in [2.45, 2.75) is 25.9 Å². The topological polar surface area (TPSA) is 47.8 Å². The Morgan fingerprint density at radius 2 is 1.72 bits per heavy atom. The summed E-state index contributed by atoms with van der Waals surface area (Å²) in [5, 5.41) is 9.45. The van der Waals surface area contributed by atoms with Crippen molar-refractivity contribution in [2.75, 3.05) is 5.75 Å². The van der Waals surface area contributed by atoms with Crippen LogP contribution in [0.25, 0.3) is 17.1 Å². The first-order chi connectivity index (χ1) is 11.9. The Morgan fingerprint density at radius 1 is 1.08 bits per heavy atom. The summed E-state index contributed by atoms with van der Waals surface area (Å²) >= 11 is 4.87. The fourth-order valence-electron chi connectivity index (χ4n) is 2.63. The summed E-state index contributed by atoms with van der Waals surface area (Å²) in [6.07, 6.45) is 0. The number of carbonyl (C=O) groups is 1. The van der Waals surface area contributed by atoms with Crippen LogP contribution in [0.5, 0.6) is 0 Å². The molecular weight excluding hydrogens is 398 g/mol. The highest BCUT2D eigenvalue weighted by Gasteiger charge is 2.17. The van der Waals surface area contributed by atoms with Gasteiger partial charge in [-0.3, -0.25) is 9.36 Å². The number of Topliss-reactive ketones (excluding diaryl/α,β-unsaturated/α-hetero) is 1. The van der Waals surface area contributed by atoms with E-state index in [1.807, 2.05) is 28.8 Å². The molecule has 128 valence electrons. The number of aromatic nitrogens is 3. The summed E-state index contributed by atoms with van der Waals surface area (Å²) in [6.45, 7) is 5.73. The molecule has 0 aliphatic rings. The van der Waals surface area contributed by atoms with Gasteiger partial charge in [0.15, 0.2) is 11.0 Å². The number of aryl methyl sites for hydroxylation is 2. The van der Waals surface area contributed by atoms with Crippen molar-refractivity contribution in [2.24, 2.45) is 0 Å². The minimum atomic E-state index is 0.116. The molecule has 0 aliphatic carbocycles. The van der Waals surface area contributed by atoms with Crippen LogP contribution in [0.4, 0.5) is 0 Å². The minimum Gasteiger partial charge on any atom is -0.299 e. The van der Waals surface area contributed by atoms with E-state index in [1.54, 1.807) is 6.92 Å². The van der Waals surface area contributed by atoms with Gasteiger partial charge in [-0.15, -0.1) is 10.2 Å². The van der Waals surface area contributed by atoms with Gasteiger partial charge in [0.25, 0.3) is 0 Å². The molecule has 3 rings (SSSR count). The first kappa shape index (κ1) is 17.9. The Bertz CT molecular complexity index is 899. The molecule has 1 heterocycles. The van der Waals surface area contributed by atoms with Crippen LogP contribution in [0.15, 0.2) is 52.1 Å². The normalized spacial score (nSPS) is 10.9. The monoisotopic (exact) mass is 415 g/mol. The summed E-state index contributed by atoms with van der Waals surface area (Å²) in [4.78, 5) is 11.4. The minimum absolute atomic E-state index is 0.116. The van der Waals surface area contributed by atoms with Crippen molar-refractivity contribution in [3.63, 3.8) is 0 Å². The van der Waals surface area contributed by atoms with Crippen LogP contribution in [-0.4, -0.2) is 26.3 Å². The molecule has 0 radical (unpaired) electrons. The number of halogens is 1. The second kappa shape index (κ2) is 7.54. The van der Waals surface area contributed by atoms with Gasteiger partial charge in [-0.2, -0.15) is 0 Å². The quantitative estimate of drug-likeness (QED) is 0.550. The number of rotatable bonds is 5. The molecule has 0 fully saturated rings. The maximum atomic E-state index is 11.4. The maximum Gasteiger partial charge on any atom is 0.196 e. The van der Waals surface area contributed by atoms with Crippen LogP contribution >= 0.6 is 27.7 Å². The molecule has 0 aliphatic heterocycles. The van der Waals surface area contributed by atoms with E-state index in [0.717, 1.165) is 26.7 Å². The molecule has 25 heavy (non-hydrogen) atoms. The van der Waals surface area contributed by atoms with Gasteiger partial charge in [0, 0.05) is 10.0 Å². The van der Waals surface area contributed by atoms with Gasteiger partial charge in [-0.05, 0) is 56.2 Å². The average Bonchev–Trinajstić information content (AvgIpc) is 2.96. The highest BCUT2D eigenvalue weighted by Crippen LogP contribution is 2.29. The Hall–Kier alpha value is -1.92. The summed E-state index contributed by atoms with van der Waals surface area (Å²) in [7, 11) is 0. The summed E-state index contributed by atoms with van der Waals surface area (Å²) in [5.74, 6) is 1.26. The van der Waals surface area contributed by atoms with Crippen molar-refractivity contribution in [3.8, 4) is 17.1 Å². The highest BCUT2D eigenvalue weighted by atomic mass is 79.9. The van der Waals surface area contributed by atoms with E-state index < -0.39 is 0 Å². The Labute approximate surface area is 159 Å². The molecule has 0 unspecified atom stereocenters. The van der Waals surface area contributed by atoms with E-state index in [-0.39, 0.29) is 5.78 Å². The predicted octanol–water partition coefficient (Wildman–Crippen LogP) is 4.99. The molecule has 0 spiro atoms. The third-order valence-corrected chi connectivity index (χ3v) is 5.21. The number of thioether (sulfide) groups is 1. The summed E-state index contributed by atoms with van der Waals surface area (Å²) in [5.41, 5.74) is 4.33. The molecule has 1 aromatic heterocycles. The Kier molecular flexibility index (Phi) is 5.39. The predicted molar refractivity (Wildman–Crippen MR) is 105 cm³/mol. The smallest absolute Gasteiger partial charge is 0.196 e. The SMILES string of the molecule is CC(=O)CSc1nnc(-c2ccc(Br)cc2)n1-c1cc(C)cc(C)c1. The fraction of sp³-hybridized carbons (Fsp3) is 0.211. The van der Waals surface area contributed by atoms with E-state index in [4.69, 9.17) is 0 Å². The van der Waals surface area contributed by atoms with Gasteiger partial charge in [0.2, 0.25) is 0 Å². The van der Waals surface area contributed by atoms with Crippen LogP contribution < -0.4 is 0 Å². The molecule has 3 aromatic rings. The third-order valence-electron chi connectivity index (χ3n) is 3.60. The van der Waals surface area contributed by atoms with Crippen molar-refractivity contribution in [1.29, 1.82) is 0 Å². The Morgan fingerprint density at radius 3 is 2.32 bits per heavy atom. The molecule has 0 saturated carbocycles. The largest absolute Gasteiger partial charge is 0.299 e. The number of ketones is 1. The molecule has 0 atom stereocenters. The van der Waals surface area contributed by atoms with E-state index in [1.165, 1.54) is 22.9 Å². The van der Waals surface area contributed by atoms with Gasteiger partial charge >= 0.3 is 0 Å². The van der Waals surface area contributed by atoms with E-state index in [0.29, 0.717) is 5.75 Å². The van der Waals surface area contributed by atoms with Crippen molar-refractivity contribution in [1.82, 2.24) is 14.8 Å². The maximum absolute atomic E-state index is 11.4. The number of nitrogens with zero attached hydrogens (tertiary/aromatic N) is 3. The van der Waals surface area contributed by atoms with Crippen LogP contribution in [0, 0.1) is 13.8 Å². The average molecular weight is 416 g/mol. The lowest BCUT2D eigenvalue weighted by molar-refractivity contribution is -0.114. The molecule has 0 N–H and O–H groups in total. The number of hydrogen-bond acceptors (Lipinski definition) is 4. The van der Waals surface area contributed by atoms with Gasteiger partial charge < -0.3 is 0 Å². The van der Waals surface area contributed by atoms with Crippen LogP contribution in [0.1, 0.15) is 18.1 Å². The molecule has 0 bridgehead atoms. The summed E-state index contributed by atoms with van der Waals surface area (Å²) < 4.78 is 3.04. The van der Waals surface area contributed by atoms with Gasteiger partial charge in [0.05, 0.1) is 11.4 Å². The third kappa shape index (κ3) is 4.19. The second-order valence-electron chi connectivity index (χ2n) is 5.99. The van der Waals surface area contributed by atoms with E-state index in [9.17, 15) is 4.79 Å². The molecule has 0 amide bonds. The number of benzene rings is 2. The standard InChI is InChI=1S/C19H18BrN3OS/c1-12-8-13(2)10-17(9-12)23-18(15-4-6-16(20)7-5-15)21-22-19(23)25-11-14(3)24/h4-10H,11H2,1-3H3. The van der Waals surface area contributed by atoms with Gasteiger partial charge in [-0.25, -0.2) is 0 Å². The van der Waals surface area contributed by atoms with Crippen molar-refractivity contribution < 1.29 is 4.79 Å². The van der Waals surface area contributed by atoms with Gasteiger partial charge in [-0.1, -0.05) is 45.9 Å². The van der Waals surface area contributed by atoms with Crippen LogP contribution in [-0.2, 0) is 4.79 Å². The van der Waals surface area contributed by atoms with Crippen molar-refractivity contribution >= 4 is 33.5 Å². The molecule has 6 heteroatoms. The molecule has 0 saturated heterocycles. The lowest BCUT2D eigenvalue weighted by Gasteiger charge is -2.12. The molecule has 4 nitrogen and oxygen atoms in total. The first-order valence-corrected chi connectivity index (χ1v) is 9.64. The molecular formula is C19H18BrN3OS. The van der Waals surface area contributed by atoms with Gasteiger partial charge in [0.1, 0.15) is 5.78 Å². The zero-order valence-corrected chi connectivity index (χ0v) is 16.7. The van der Waals surface area contributed by atoms with Crippen LogP contribution in [0.3, 0.4) is 0 Å². The molecule has 2 aromatic carbocycles. The van der Waals surface area contributed by atoms with E-state index in [2.05, 4.69) is 58.2 Å². The zero-order chi connectivity index (χ0) is 18.0. The Balaban J connectivity index is 2.15. The van der Waals surface area contributed by atoms with E-state index >= 15 is 0 Å². The van der Waals surface area contributed by atoms with Crippen molar-refractivity contribution in [3.05, 3.63) is 58.1 Å². The lowest BCUT2D eigenvalue weighted by atomic mass is 10.1. The van der Waals surface area contributed by atoms with Crippen LogP contribution in [0.2, 0.25) is 0 Å². The first-order valence-electron chi connectivity index (χ1n) is 7.86. The fourth-order valence-corrected chi connectivity index (χ4v) is 3.64. The number of hydrogen-bond donors (Lipinski definition) is 0. The zero-order valence-electron chi connectivity index (χ0n) is 14.3. The number of carbonyl (C=O) groups excluding carboxylic acids is 1. The summed E-state index contributed by atoms with van der Waals surface area (Å²) in [6, 6.07) is 14.3.